The van der Waals surface area contributed by atoms with Crippen molar-refractivity contribution in [2.45, 2.75) is 26.3 Å². The fourth-order valence-corrected chi connectivity index (χ4v) is 1.67. The smallest absolute Gasteiger partial charge is 0.335 e. The maximum atomic E-state index is 10.7. The molecule has 0 spiro atoms. The first kappa shape index (κ1) is 12.2. The molecule has 0 unspecified atom stereocenters. The van der Waals surface area contributed by atoms with E-state index >= 15 is 0 Å². The Bertz CT molecular complexity index is 533. The Morgan fingerprint density at radius 3 is 2.67 bits per heavy atom. The molecule has 1 N–H and O–H groups in total. The largest absolute Gasteiger partial charge is 0.478 e. The Hall–Kier alpha value is -2.24. The Labute approximate surface area is 104 Å². The first-order valence-corrected chi connectivity index (χ1v) is 5.78. The van der Waals surface area contributed by atoms with Gasteiger partial charge in [0.15, 0.2) is 5.82 Å². The molecule has 1 aromatic carbocycles. The number of hydrogen-bond donors (Lipinski definition) is 1. The molecular formula is C12H14N4O2. The van der Waals surface area contributed by atoms with Crippen LogP contribution in [0.1, 0.15) is 35.1 Å². The van der Waals surface area contributed by atoms with Crippen LogP contribution in [-0.2, 0) is 13.0 Å². The topological polar surface area (TPSA) is 80.9 Å². The van der Waals surface area contributed by atoms with Gasteiger partial charge in [-0.15, -0.1) is 5.10 Å². The van der Waals surface area contributed by atoms with Crippen LogP contribution in [0.5, 0.6) is 0 Å². The molecule has 0 fully saturated rings. The van der Waals surface area contributed by atoms with Crippen molar-refractivity contribution in [2.75, 3.05) is 0 Å². The number of aromatic carboxylic acids is 1. The highest BCUT2D eigenvalue weighted by molar-refractivity contribution is 5.87. The van der Waals surface area contributed by atoms with Gasteiger partial charge in [0.1, 0.15) is 0 Å². The van der Waals surface area contributed by atoms with Gasteiger partial charge in [-0.1, -0.05) is 19.1 Å². The van der Waals surface area contributed by atoms with Crippen LogP contribution in [-0.4, -0.2) is 31.3 Å². The number of tetrazole rings is 1. The number of carboxylic acids is 1. The Balaban J connectivity index is 2.13. The molecule has 0 saturated carbocycles. The molecule has 94 valence electrons. The third-order valence-corrected chi connectivity index (χ3v) is 2.61. The van der Waals surface area contributed by atoms with Crippen molar-refractivity contribution in [2.24, 2.45) is 0 Å². The van der Waals surface area contributed by atoms with E-state index in [1.54, 1.807) is 28.9 Å². The summed E-state index contributed by atoms with van der Waals surface area (Å²) in [5, 5.41) is 20.3. The van der Waals surface area contributed by atoms with Crippen LogP contribution in [0.3, 0.4) is 0 Å². The highest BCUT2D eigenvalue weighted by Crippen LogP contribution is 2.07. The number of carboxylic acid groups (broad SMARTS) is 1. The van der Waals surface area contributed by atoms with Crippen molar-refractivity contribution in [1.82, 2.24) is 20.2 Å². The zero-order valence-corrected chi connectivity index (χ0v) is 10.1. The van der Waals surface area contributed by atoms with E-state index < -0.39 is 5.97 Å². The fraction of sp³-hybridized carbons (Fsp3) is 0.333. The SMILES string of the molecule is CCCc1nnnn1Cc1ccc(C(=O)O)cc1. The van der Waals surface area contributed by atoms with Crippen LogP contribution in [0, 0.1) is 0 Å². The quantitative estimate of drug-likeness (QED) is 0.861. The molecule has 1 heterocycles. The predicted molar refractivity (Wildman–Crippen MR) is 64.3 cm³/mol. The van der Waals surface area contributed by atoms with Crippen LogP contribution in [0.25, 0.3) is 0 Å². The average molecular weight is 246 g/mol. The summed E-state index contributed by atoms with van der Waals surface area (Å²) in [6.45, 7) is 2.63. The average Bonchev–Trinajstić information content (AvgIpc) is 2.78. The summed E-state index contributed by atoms with van der Waals surface area (Å²) in [7, 11) is 0. The molecule has 2 rings (SSSR count). The lowest BCUT2D eigenvalue weighted by Gasteiger charge is -2.04. The lowest BCUT2D eigenvalue weighted by molar-refractivity contribution is 0.0697. The number of hydrogen-bond acceptors (Lipinski definition) is 4. The van der Waals surface area contributed by atoms with Crippen molar-refractivity contribution in [3.63, 3.8) is 0 Å². The molecule has 0 bridgehead atoms. The maximum Gasteiger partial charge on any atom is 0.335 e. The number of nitrogens with zero attached hydrogens (tertiary/aromatic N) is 4. The van der Waals surface area contributed by atoms with Gasteiger partial charge in [0.25, 0.3) is 0 Å². The molecule has 0 aliphatic heterocycles. The zero-order chi connectivity index (χ0) is 13.0. The summed E-state index contributed by atoms with van der Waals surface area (Å²) in [5.41, 5.74) is 1.26. The Kier molecular flexibility index (Phi) is 3.66. The van der Waals surface area contributed by atoms with Crippen LogP contribution < -0.4 is 0 Å². The highest BCUT2D eigenvalue weighted by Gasteiger charge is 2.06. The highest BCUT2D eigenvalue weighted by atomic mass is 16.4. The van der Waals surface area contributed by atoms with E-state index in [1.807, 2.05) is 0 Å². The van der Waals surface area contributed by atoms with Gasteiger partial charge in [0, 0.05) is 6.42 Å². The van der Waals surface area contributed by atoms with Crippen LogP contribution >= 0.6 is 0 Å². The number of rotatable bonds is 5. The third kappa shape index (κ3) is 2.71. The van der Waals surface area contributed by atoms with Gasteiger partial charge in [0.05, 0.1) is 12.1 Å². The van der Waals surface area contributed by atoms with E-state index in [0.717, 1.165) is 24.2 Å². The number of benzene rings is 1. The van der Waals surface area contributed by atoms with Crippen molar-refractivity contribution in [1.29, 1.82) is 0 Å². The molecule has 0 aliphatic carbocycles. The molecule has 2 aromatic rings. The first-order valence-electron chi connectivity index (χ1n) is 5.78. The lowest BCUT2D eigenvalue weighted by atomic mass is 10.1. The summed E-state index contributed by atoms with van der Waals surface area (Å²) >= 11 is 0. The molecule has 6 nitrogen and oxygen atoms in total. The molecule has 6 heteroatoms. The van der Waals surface area contributed by atoms with Gasteiger partial charge in [-0.25, -0.2) is 9.48 Å². The van der Waals surface area contributed by atoms with Gasteiger partial charge < -0.3 is 5.11 Å². The third-order valence-electron chi connectivity index (χ3n) is 2.61. The summed E-state index contributed by atoms with van der Waals surface area (Å²) in [4.78, 5) is 10.7. The summed E-state index contributed by atoms with van der Waals surface area (Å²) in [5.74, 6) is -0.0737. The number of aromatic nitrogens is 4. The molecule has 0 saturated heterocycles. The lowest BCUT2D eigenvalue weighted by Crippen LogP contribution is -2.07. The normalized spacial score (nSPS) is 10.5. The van der Waals surface area contributed by atoms with Crippen molar-refractivity contribution in [3.8, 4) is 0 Å². The summed E-state index contributed by atoms with van der Waals surface area (Å²) in [6, 6.07) is 6.73. The molecular weight excluding hydrogens is 232 g/mol. The molecule has 0 aliphatic rings. The maximum absolute atomic E-state index is 10.7. The second-order valence-corrected chi connectivity index (χ2v) is 4.00. The second kappa shape index (κ2) is 5.39. The minimum Gasteiger partial charge on any atom is -0.478 e. The summed E-state index contributed by atoms with van der Waals surface area (Å²) < 4.78 is 1.74. The molecule has 1 aromatic heterocycles. The van der Waals surface area contributed by atoms with Crippen LogP contribution in [0.4, 0.5) is 0 Å². The van der Waals surface area contributed by atoms with E-state index in [4.69, 9.17) is 5.11 Å². The minimum atomic E-state index is -0.921. The van der Waals surface area contributed by atoms with E-state index in [0.29, 0.717) is 6.54 Å². The van der Waals surface area contributed by atoms with E-state index in [-0.39, 0.29) is 5.56 Å². The van der Waals surface area contributed by atoms with E-state index in [9.17, 15) is 4.79 Å². The fourth-order valence-electron chi connectivity index (χ4n) is 1.67. The van der Waals surface area contributed by atoms with Gasteiger partial charge in [-0.05, 0) is 34.5 Å². The van der Waals surface area contributed by atoms with Crippen LogP contribution in [0.15, 0.2) is 24.3 Å². The Morgan fingerprint density at radius 2 is 2.06 bits per heavy atom. The van der Waals surface area contributed by atoms with Gasteiger partial charge in [0.2, 0.25) is 0 Å². The molecule has 0 amide bonds. The molecule has 0 atom stereocenters. The van der Waals surface area contributed by atoms with Gasteiger partial charge >= 0.3 is 5.97 Å². The summed E-state index contributed by atoms with van der Waals surface area (Å²) in [6.07, 6.45) is 1.82. The zero-order valence-electron chi connectivity index (χ0n) is 10.1. The van der Waals surface area contributed by atoms with E-state index in [1.165, 1.54) is 0 Å². The molecule has 0 radical (unpaired) electrons. The second-order valence-electron chi connectivity index (χ2n) is 4.00. The first-order chi connectivity index (χ1) is 8.70. The number of aryl methyl sites for hydroxylation is 1. The Morgan fingerprint density at radius 1 is 1.33 bits per heavy atom. The predicted octanol–water partition coefficient (Wildman–Crippen LogP) is 1.37. The molecule has 18 heavy (non-hydrogen) atoms. The van der Waals surface area contributed by atoms with E-state index in [2.05, 4.69) is 22.4 Å². The standard InChI is InChI=1S/C12H14N4O2/c1-2-3-11-13-14-15-16(11)8-9-4-6-10(7-5-9)12(17)18/h4-7H,2-3,8H2,1H3,(H,17,18). The number of carbonyl (C=O) groups is 1. The van der Waals surface area contributed by atoms with Gasteiger partial charge in [-0.3, -0.25) is 0 Å². The van der Waals surface area contributed by atoms with Crippen LogP contribution in [0.2, 0.25) is 0 Å². The van der Waals surface area contributed by atoms with Crippen molar-refractivity contribution in [3.05, 3.63) is 41.2 Å². The van der Waals surface area contributed by atoms with Crippen molar-refractivity contribution >= 4 is 5.97 Å². The monoisotopic (exact) mass is 246 g/mol. The van der Waals surface area contributed by atoms with Gasteiger partial charge in [-0.2, -0.15) is 0 Å². The minimum absolute atomic E-state index is 0.282. The van der Waals surface area contributed by atoms with Crippen molar-refractivity contribution < 1.29 is 9.90 Å².